The molecule has 13 fully saturated rings. The number of piperazine rings is 1. The summed E-state index contributed by atoms with van der Waals surface area (Å²) >= 11 is 0. The number of morpholine rings is 5. The van der Waals surface area contributed by atoms with Crippen molar-refractivity contribution < 1.29 is 52.9 Å². The number of piperidine rings is 4. The Bertz CT molecular complexity index is 2740. The largest absolute Gasteiger partial charge is 0.463 e. The van der Waals surface area contributed by atoms with Gasteiger partial charge >= 0.3 is 5.97 Å². The van der Waals surface area contributed by atoms with Crippen LogP contribution in [-0.2, 0) is 42.7 Å². The second-order valence-electron chi connectivity index (χ2n) is 48.4. The lowest BCUT2D eigenvalue weighted by molar-refractivity contribution is -0.213. The second kappa shape index (κ2) is 60.6. The van der Waals surface area contributed by atoms with Gasteiger partial charge in [-0.05, 0) is 272 Å². The van der Waals surface area contributed by atoms with Crippen molar-refractivity contribution in [1.29, 1.82) is 0 Å². The fourth-order valence-electron chi connectivity index (χ4n) is 22.3. The van der Waals surface area contributed by atoms with E-state index in [1.54, 1.807) is 0 Å². The minimum Gasteiger partial charge on any atom is -0.463 e. The van der Waals surface area contributed by atoms with Gasteiger partial charge in [-0.2, -0.15) is 0 Å². The van der Waals surface area contributed by atoms with E-state index in [2.05, 4.69) is 243 Å². The summed E-state index contributed by atoms with van der Waals surface area (Å²) in [7, 11) is 0. The summed E-state index contributed by atoms with van der Waals surface area (Å²) in [4.78, 5) is 37.0. The summed E-state index contributed by atoms with van der Waals surface area (Å²) in [6.07, 6.45) is 17.8. The summed E-state index contributed by atoms with van der Waals surface area (Å²) in [6, 6.07) is 0.371. The summed E-state index contributed by atoms with van der Waals surface area (Å²) < 4.78 is 44.1. The van der Waals surface area contributed by atoms with Gasteiger partial charge in [-0.1, -0.05) is 166 Å². The van der Waals surface area contributed by atoms with Gasteiger partial charge in [0, 0.05) is 157 Å². The molecule has 0 spiro atoms. The molecule has 764 valence electrons. The number of likely N-dealkylation sites (tertiary alicyclic amines) is 4. The first-order valence-corrected chi connectivity index (χ1v) is 53.8. The van der Waals surface area contributed by atoms with Crippen molar-refractivity contribution in [3.8, 4) is 0 Å². The van der Waals surface area contributed by atoms with Crippen LogP contribution in [0.3, 0.4) is 0 Å². The van der Waals surface area contributed by atoms with Gasteiger partial charge in [0.25, 0.3) is 0 Å². The molecule has 13 heterocycles. The highest BCUT2D eigenvalue weighted by molar-refractivity contribution is 5.80. The Morgan fingerprint density at radius 1 is 0.395 bits per heavy atom. The third-order valence-electron chi connectivity index (χ3n) is 29.1. The predicted octanol–water partition coefficient (Wildman–Crippen LogP) is 17.7. The van der Waals surface area contributed by atoms with E-state index in [0.29, 0.717) is 68.5 Å². The number of aliphatic hydroxyl groups excluding tert-OH is 1. The lowest BCUT2D eigenvalue weighted by Crippen LogP contribution is -2.67. The molecule has 4 unspecified atom stereocenters. The molecule has 21 heteroatoms. The Balaban J connectivity index is 0.000000258. The van der Waals surface area contributed by atoms with Gasteiger partial charge < -0.3 is 72.6 Å². The molecule has 13 rings (SSSR count). The lowest BCUT2D eigenvalue weighted by atomic mass is 9.74. The van der Waals surface area contributed by atoms with Gasteiger partial charge in [-0.3, -0.25) is 29.3 Å². The highest BCUT2D eigenvalue weighted by Crippen LogP contribution is 2.38. The molecular formula is C108H216N10O11. The summed E-state index contributed by atoms with van der Waals surface area (Å²) in [5.74, 6) is 12.6. The molecule has 0 bridgehead atoms. The summed E-state index contributed by atoms with van der Waals surface area (Å²) in [5.41, 5.74) is -0.610. The molecule has 21 nitrogen and oxygen atoms in total. The highest BCUT2D eigenvalue weighted by atomic mass is 16.5. The van der Waals surface area contributed by atoms with Gasteiger partial charge in [0.2, 0.25) is 0 Å². The predicted molar refractivity (Wildman–Crippen MR) is 541 cm³/mol. The Kier molecular flexibility index (Phi) is 55.6. The zero-order valence-electron chi connectivity index (χ0n) is 90.4. The topological polar surface area (TPSA) is 164 Å². The first kappa shape index (κ1) is 118. The maximum absolute atomic E-state index is 11.8. The normalized spacial score (nSPS) is 26.4. The molecule has 0 radical (unpaired) electrons. The van der Waals surface area contributed by atoms with Crippen molar-refractivity contribution in [2.75, 3.05) is 256 Å². The average Bonchev–Trinajstić information content (AvgIpc) is 0.713. The van der Waals surface area contributed by atoms with Gasteiger partial charge in [-0.15, -0.1) is 0 Å². The maximum Gasteiger partial charge on any atom is 0.326 e. The molecule has 0 saturated carbocycles. The van der Waals surface area contributed by atoms with E-state index in [1.807, 2.05) is 13.8 Å². The molecule has 0 amide bonds. The van der Waals surface area contributed by atoms with Crippen molar-refractivity contribution >= 4 is 5.97 Å². The molecule has 0 aliphatic carbocycles. The number of rotatable bonds is 27. The third-order valence-corrected chi connectivity index (χ3v) is 29.1. The molecule has 0 aromatic heterocycles. The molecule has 13 aliphatic heterocycles. The summed E-state index contributed by atoms with van der Waals surface area (Å²) in [5, 5.41) is 19.5. The Hall–Kier alpha value is -1.29. The van der Waals surface area contributed by atoms with Gasteiger partial charge in [0.1, 0.15) is 17.7 Å². The summed E-state index contributed by atoms with van der Waals surface area (Å²) in [6.45, 7) is 109. The number of esters is 1. The van der Waals surface area contributed by atoms with Crippen LogP contribution in [0, 0.1) is 100 Å². The van der Waals surface area contributed by atoms with Crippen LogP contribution < -0.4 is 0 Å². The Labute approximate surface area is 797 Å². The van der Waals surface area contributed by atoms with Crippen LogP contribution in [0.2, 0.25) is 0 Å². The van der Waals surface area contributed by atoms with Crippen LogP contribution >= 0.6 is 0 Å². The SMILES string of the molecule is CC(C)CC1CN(CC(C)C)CCO1.CC(C)CN1CC(C)OC(C)C1.CC(C)CN1CCC(C(C)(C)CO)CC1.CC(C)CN1CCC(C2(O)COC2)CC1.CC(C)CN1CCC(C2CCOCC2)CC1.CC(C)CN1CCC(C2COC2)CC1.CC(C)CN1CCN2C(COC(=O)C2(C)C)C1.CC(C)CN1CCOC(C)(C)C1.CCC1(CC)CN(CC(C)C)CCO1. The van der Waals surface area contributed by atoms with Crippen molar-refractivity contribution in [3.05, 3.63) is 0 Å². The monoisotopic (exact) mass is 1830 g/mol. The zero-order valence-corrected chi connectivity index (χ0v) is 90.4. The van der Waals surface area contributed by atoms with Crippen molar-refractivity contribution in [3.63, 3.8) is 0 Å². The molecule has 13 aliphatic rings. The maximum atomic E-state index is 11.8. The molecule has 2 N–H and O–H groups in total. The lowest BCUT2D eigenvalue weighted by Gasteiger charge is -2.50. The molecule has 4 atom stereocenters. The second-order valence-corrected chi connectivity index (χ2v) is 48.4. The van der Waals surface area contributed by atoms with Crippen LogP contribution in [-0.4, -0.2) is 368 Å². The molecular weight excluding hydrogens is 1610 g/mol. The standard InChI is InChI=1S/C14H27NO.C13H24N2O2.C13H27NO.C12H23NO2.C12H23NO.2C12H25NO.2C10H21NO/c1-12(2)11-15-7-3-13(4-8-15)14-5-9-16-10-6-14;1-10(2)7-14-5-6-15-11(8-14)9-17-12(16)13(15,3)4;1-11(2)9-14-7-5-12(6-8-14)13(3,4)10-15;1-10(2)7-13-5-3-11(4-6-13)12(14)8-15-9-12;1-10(2)7-13-5-3-11(4-6-13)12-8-14-9-12;1-10(2)7-12-9-13(5-6-14-12)8-11(3)4;1-5-12(6-2)10-13(7-8-14-12)9-11(3)4;1-8(2)5-11-6-9(3)12-10(4)7-11;1-9(2)7-11-5-6-12-10(3,4)8-11/h12-14H,3-11H2,1-2H3;10-11H,5-9H2,1-4H3;11-12,15H,5-10H2,1-4H3;10-11,14H,3-9H2,1-2H3;10-12H,3-9H2,1-2H3;10-12H,5-9H2,1-4H3;11H,5-10H2,1-4H3;8-10H,5-7H2,1-4H3;9H,5-8H2,1-4H3. The number of hydrogen-bond acceptors (Lipinski definition) is 21. The number of hydrogen-bond donors (Lipinski definition) is 2. The molecule has 129 heavy (non-hydrogen) atoms. The minimum atomic E-state index is -0.482. The number of nitrogens with zero attached hydrogens (tertiary/aromatic N) is 10. The Morgan fingerprint density at radius 2 is 0.791 bits per heavy atom. The third kappa shape index (κ3) is 46.6. The van der Waals surface area contributed by atoms with Crippen molar-refractivity contribution in [2.24, 2.45) is 100 Å². The highest BCUT2D eigenvalue weighted by Gasteiger charge is 2.48. The number of aliphatic hydroxyl groups is 2. The van der Waals surface area contributed by atoms with Crippen molar-refractivity contribution in [2.45, 2.75) is 338 Å². The van der Waals surface area contributed by atoms with E-state index in [0.717, 1.165) is 240 Å². The molecule has 13 saturated heterocycles. The van der Waals surface area contributed by atoms with Gasteiger partial charge in [0.15, 0.2) is 0 Å². The number of carbonyl (C=O) groups excluding carboxylic acids is 1. The van der Waals surface area contributed by atoms with E-state index in [9.17, 15) is 15.0 Å². The smallest absolute Gasteiger partial charge is 0.326 e. The number of fused-ring (bicyclic) bond motifs is 1. The molecule has 0 aromatic carbocycles. The first-order chi connectivity index (χ1) is 60.7. The minimum absolute atomic E-state index is 0.0626. The molecule has 0 aromatic rings. The average molecular weight is 1830 g/mol. The number of ether oxygens (including phenoxy) is 8. The van der Waals surface area contributed by atoms with E-state index in [-0.39, 0.29) is 22.6 Å². The van der Waals surface area contributed by atoms with Crippen LogP contribution in [0.4, 0.5) is 0 Å². The van der Waals surface area contributed by atoms with E-state index >= 15 is 0 Å². The van der Waals surface area contributed by atoms with Gasteiger partial charge in [0.05, 0.1) is 81.8 Å². The van der Waals surface area contributed by atoms with E-state index in [1.165, 1.54) is 149 Å². The first-order valence-electron chi connectivity index (χ1n) is 53.8. The number of carbonyl (C=O) groups is 1. The van der Waals surface area contributed by atoms with Crippen LogP contribution in [0.15, 0.2) is 0 Å². The van der Waals surface area contributed by atoms with Crippen molar-refractivity contribution in [1.82, 2.24) is 49.0 Å². The number of cyclic esters (lactones) is 1. The van der Waals surface area contributed by atoms with E-state index < -0.39 is 11.1 Å². The van der Waals surface area contributed by atoms with Gasteiger partial charge in [-0.25, -0.2) is 0 Å². The zero-order chi connectivity index (χ0) is 95.8. The van der Waals surface area contributed by atoms with E-state index in [4.69, 9.17) is 37.9 Å². The quantitative estimate of drug-likeness (QED) is 0.0746. The Morgan fingerprint density at radius 3 is 1.20 bits per heavy atom. The van der Waals surface area contributed by atoms with Crippen LogP contribution in [0.1, 0.15) is 291 Å². The fourth-order valence-corrected chi connectivity index (χ4v) is 22.3. The van der Waals surface area contributed by atoms with Crippen LogP contribution in [0.5, 0.6) is 0 Å². The van der Waals surface area contributed by atoms with Crippen LogP contribution in [0.25, 0.3) is 0 Å². The fraction of sp³-hybridized carbons (Fsp3) is 0.991.